The normalized spacial score (nSPS) is 24.5. The molecule has 0 bridgehead atoms. The monoisotopic (exact) mass is 331 g/mol. The summed E-state index contributed by atoms with van der Waals surface area (Å²) in [7, 11) is 0. The highest BCUT2D eigenvalue weighted by molar-refractivity contribution is 5.80. The van der Waals surface area contributed by atoms with Crippen molar-refractivity contribution in [3.05, 3.63) is 35.9 Å². The van der Waals surface area contributed by atoms with Gasteiger partial charge < -0.3 is 14.4 Å². The van der Waals surface area contributed by atoms with Crippen LogP contribution in [-0.4, -0.2) is 36.7 Å². The van der Waals surface area contributed by atoms with Crippen LogP contribution >= 0.6 is 0 Å². The van der Waals surface area contributed by atoms with Gasteiger partial charge in [0, 0.05) is 13.1 Å². The fourth-order valence-electron chi connectivity index (χ4n) is 3.78. The third-order valence-electron chi connectivity index (χ3n) is 5.26. The summed E-state index contributed by atoms with van der Waals surface area (Å²) in [4.78, 5) is 26.4. The Morgan fingerprint density at radius 3 is 2.50 bits per heavy atom. The molecule has 1 heterocycles. The van der Waals surface area contributed by atoms with Crippen LogP contribution in [0.25, 0.3) is 0 Å². The Kier molecular flexibility index (Phi) is 4.78. The van der Waals surface area contributed by atoms with Gasteiger partial charge in [0.1, 0.15) is 6.61 Å². The second kappa shape index (κ2) is 6.83. The lowest BCUT2D eigenvalue weighted by Crippen LogP contribution is -2.34. The Hall–Kier alpha value is -2.04. The van der Waals surface area contributed by atoms with Gasteiger partial charge in [-0.15, -0.1) is 0 Å². The van der Waals surface area contributed by atoms with E-state index in [-0.39, 0.29) is 35.9 Å². The molecule has 2 atom stereocenters. The highest BCUT2D eigenvalue weighted by Gasteiger charge is 2.60. The van der Waals surface area contributed by atoms with E-state index in [2.05, 4.69) is 6.92 Å². The van der Waals surface area contributed by atoms with Gasteiger partial charge in [0.2, 0.25) is 0 Å². The first-order chi connectivity index (χ1) is 11.6. The third kappa shape index (κ3) is 3.25. The van der Waals surface area contributed by atoms with Crippen molar-refractivity contribution in [3.63, 3.8) is 0 Å². The fraction of sp³-hybridized carbons (Fsp3) is 0.579. The van der Waals surface area contributed by atoms with Crippen LogP contribution in [0, 0.1) is 17.3 Å². The minimum atomic E-state index is -0.371. The van der Waals surface area contributed by atoms with Gasteiger partial charge in [-0.25, -0.2) is 4.79 Å². The van der Waals surface area contributed by atoms with Crippen molar-refractivity contribution in [2.24, 2.45) is 17.3 Å². The van der Waals surface area contributed by atoms with Crippen LogP contribution in [0.5, 0.6) is 0 Å². The number of carbonyl (C=O) groups is 2. The molecule has 0 aromatic heterocycles. The van der Waals surface area contributed by atoms with E-state index in [1.807, 2.05) is 37.3 Å². The van der Waals surface area contributed by atoms with Gasteiger partial charge >= 0.3 is 12.1 Å². The van der Waals surface area contributed by atoms with Crippen LogP contribution in [-0.2, 0) is 20.9 Å². The van der Waals surface area contributed by atoms with E-state index >= 15 is 0 Å². The van der Waals surface area contributed by atoms with E-state index in [9.17, 15) is 9.59 Å². The molecule has 5 heteroatoms. The minimum Gasteiger partial charge on any atom is -0.466 e. The minimum absolute atomic E-state index is 0.0960. The maximum atomic E-state index is 12.3. The topological polar surface area (TPSA) is 55.8 Å². The Balaban J connectivity index is 1.57. The van der Waals surface area contributed by atoms with E-state index in [1.165, 1.54) is 0 Å². The average Bonchev–Trinajstić information content (AvgIpc) is 3.30. The average molecular weight is 331 g/mol. The number of rotatable bonds is 5. The van der Waals surface area contributed by atoms with E-state index in [0.717, 1.165) is 18.4 Å². The molecule has 2 fully saturated rings. The molecular formula is C19H25NO4. The van der Waals surface area contributed by atoms with Gasteiger partial charge in [-0.1, -0.05) is 37.3 Å². The maximum Gasteiger partial charge on any atom is 0.410 e. The second-order valence-corrected chi connectivity index (χ2v) is 6.91. The Labute approximate surface area is 142 Å². The number of nitrogens with zero attached hydrogens (tertiary/aromatic N) is 1. The fourth-order valence-corrected chi connectivity index (χ4v) is 3.78. The molecule has 3 rings (SSSR count). The first-order valence-corrected chi connectivity index (χ1v) is 8.69. The molecule has 130 valence electrons. The first kappa shape index (κ1) is 16.8. The summed E-state index contributed by atoms with van der Waals surface area (Å²) in [5.41, 5.74) is 0.601. The largest absolute Gasteiger partial charge is 0.466 e. The lowest BCUT2D eigenvalue weighted by molar-refractivity contribution is -0.152. The Morgan fingerprint density at radius 2 is 1.88 bits per heavy atom. The standard InChI is InChI=1S/C19H25NO4/c1-3-23-17(21)19(9-10-19)16-12-20(11-14(16)2)18(22)24-13-15-7-5-4-6-8-15/h4-8,14,16H,3,9-13H2,1-2H3. The summed E-state index contributed by atoms with van der Waals surface area (Å²) in [6.07, 6.45) is 1.44. The van der Waals surface area contributed by atoms with Gasteiger partial charge in [-0.2, -0.15) is 0 Å². The van der Waals surface area contributed by atoms with Crippen LogP contribution < -0.4 is 0 Å². The summed E-state index contributed by atoms with van der Waals surface area (Å²) >= 11 is 0. The van der Waals surface area contributed by atoms with Crippen LogP contribution in [0.2, 0.25) is 0 Å². The number of carbonyl (C=O) groups excluding carboxylic acids is 2. The van der Waals surface area contributed by atoms with Crippen molar-refractivity contribution in [1.82, 2.24) is 4.90 Å². The molecule has 24 heavy (non-hydrogen) atoms. The van der Waals surface area contributed by atoms with Crippen LogP contribution in [0.3, 0.4) is 0 Å². The van der Waals surface area contributed by atoms with Gasteiger partial charge in [0.25, 0.3) is 0 Å². The molecule has 2 unspecified atom stereocenters. The van der Waals surface area contributed by atoms with Crippen molar-refractivity contribution in [2.75, 3.05) is 19.7 Å². The zero-order valence-electron chi connectivity index (χ0n) is 14.4. The molecule has 1 aliphatic heterocycles. The number of hydrogen-bond donors (Lipinski definition) is 0. The first-order valence-electron chi connectivity index (χ1n) is 8.69. The molecule has 0 radical (unpaired) electrons. The molecule has 1 aromatic rings. The van der Waals surface area contributed by atoms with Crippen LogP contribution in [0.4, 0.5) is 4.79 Å². The summed E-state index contributed by atoms with van der Waals surface area (Å²) in [6, 6.07) is 9.65. The van der Waals surface area contributed by atoms with Crippen molar-refractivity contribution in [3.8, 4) is 0 Å². The molecule has 0 N–H and O–H groups in total. The van der Waals surface area contributed by atoms with Crippen LogP contribution in [0.1, 0.15) is 32.3 Å². The molecule has 5 nitrogen and oxygen atoms in total. The maximum absolute atomic E-state index is 12.3. The summed E-state index contributed by atoms with van der Waals surface area (Å²) < 4.78 is 10.7. The number of benzene rings is 1. The number of amides is 1. The predicted octanol–water partition coefficient (Wildman–Crippen LogP) is 3.23. The Morgan fingerprint density at radius 1 is 1.17 bits per heavy atom. The molecule has 2 aliphatic rings. The van der Waals surface area contributed by atoms with Crippen molar-refractivity contribution in [2.45, 2.75) is 33.3 Å². The Bertz CT molecular complexity index is 597. The van der Waals surface area contributed by atoms with Crippen molar-refractivity contribution in [1.29, 1.82) is 0 Å². The zero-order chi connectivity index (χ0) is 17.2. The molecule has 1 amide bonds. The van der Waals surface area contributed by atoms with E-state index < -0.39 is 0 Å². The molecule has 0 spiro atoms. The number of hydrogen-bond acceptors (Lipinski definition) is 4. The highest BCUT2D eigenvalue weighted by atomic mass is 16.6. The number of esters is 1. The predicted molar refractivity (Wildman–Crippen MR) is 89.2 cm³/mol. The highest BCUT2D eigenvalue weighted by Crippen LogP contribution is 2.57. The molecule has 1 aromatic carbocycles. The molecule has 1 saturated carbocycles. The van der Waals surface area contributed by atoms with E-state index in [4.69, 9.17) is 9.47 Å². The molecular weight excluding hydrogens is 306 g/mol. The van der Waals surface area contributed by atoms with Crippen LogP contribution in [0.15, 0.2) is 30.3 Å². The lowest BCUT2D eigenvalue weighted by atomic mass is 9.82. The zero-order valence-corrected chi connectivity index (χ0v) is 14.4. The van der Waals surface area contributed by atoms with Gasteiger partial charge in [-0.3, -0.25) is 4.79 Å². The summed E-state index contributed by atoms with van der Waals surface area (Å²) in [6.45, 7) is 5.84. The smallest absolute Gasteiger partial charge is 0.410 e. The SMILES string of the molecule is CCOC(=O)C1(C2CN(C(=O)OCc3ccccc3)CC2C)CC1. The number of likely N-dealkylation sites (tertiary alicyclic amines) is 1. The van der Waals surface area contributed by atoms with E-state index in [0.29, 0.717) is 19.7 Å². The lowest BCUT2D eigenvalue weighted by Gasteiger charge is -2.24. The van der Waals surface area contributed by atoms with Gasteiger partial charge in [0.05, 0.1) is 12.0 Å². The third-order valence-corrected chi connectivity index (χ3v) is 5.26. The van der Waals surface area contributed by atoms with Crippen molar-refractivity contribution < 1.29 is 19.1 Å². The molecule has 1 aliphatic carbocycles. The number of ether oxygens (including phenoxy) is 2. The van der Waals surface area contributed by atoms with E-state index in [1.54, 1.807) is 4.90 Å². The van der Waals surface area contributed by atoms with Gasteiger partial charge in [0.15, 0.2) is 0 Å². The summed E-state index contributed by atoms with van der Waals surface area (Å²) in [5.74, 6) is 0.350. The molecule has 1 saturated heterocycles. The van der Waals surface area contributed by atoms with Crippen molar-refractivity contribution >= 4 is 12.1 Å². The summed E-state index contributed by atoms with van der Waals surface area (Å²) in [5, 5.41) is 0. The second-order valence-electron chi connectivity index (χ2n) is 6.91. The van der Waals surface area contributed by atoms with Gasteiger partial charge in [-0.05, 0) is 37.2 Å². The quantitative estimate of drug-likeness (QED) is 0.777.